The number of likely N-dealkylation sites (N-methyl/N-ethyl adjacent to an activating group) is 2. The van der Waals surface area contributed by atoms with Crippen molar-refractivity contribution < 1.29 is 77.1 Å². The molecule has 7 atom stereocenters. The zero-order valence-corrected chi connectivity index (χ0v) is 41.9. The Morgan fingerprint density at radius 2 is 1.12 bits per heavy atom. The first-order chi connectivity index (χ1) is 31.1. The predicted molar refractivity (Wildman–Crippen MR) is 245 cm³/mol. The lowest BCUT2D eigenvalue weighted by atomic mass is 9.86. The molecule has 0 aromatic rings. The molecular formula is C47H87N3O16. The van der Waals surface area contributed by atoms with E-state index in [9.17, 15) is 29.4 Å². The Bertz CT molecular complexity index is 1350. The summed E-state index contributed by atoms with van der Waals surface area (Å²) in [7, 11) is 4.63. The van der Waals surface area contributed by atoms with Crippen molar-refractivity contribution in [3.05, 3.63) is 12.3 Å². The molecule has 19 nitrogen and oxygen atoms in total. The van der Waals surface area contributed by atoms with Crippen LogP contribution in [0.15, 0.2) is 12.3 Å². The molecule has 386 valence electrons. The summed E-state index contributed by atoms with van der Waals surface area (Å²) in [5.41, 5.74) is 2.62. The third-order valence-corrected chi connectivity index (χ3v) is 11.4. The van der Waals surface area contributed by atoms with Gasteiger partial charge in [-0.25, -0.2) is 9.59 Å². The van der Waals surface area contributed by atoms with E-state index in [1.54, 1.807) is 61.9 Å². The van der Waals surface area contributed by atoms with Gasteiger partial charge in [0.25, 0.3) is 0 Å². The summed E-state index contributed by atoms with van der Waals surface area (Å²) in [5.74, 6) is -1.20. The third-order valence-electron chi connectivity index (χ3n) is 11.4. The summed E-state index contributed by atoms with van der Waals surface area (Å²) in [6, 6.07) is 0. The Balaban J connectivity index is 0.000000423. The van der Waals surface area contributed by atoms with Gasteiger partial charge in [0, 0.05) is 55.6 Å². The number of carbonyl (C=O) groups excluding carboxylic acids is 4. The third kappa shape index (κ3) is 21.5. The van der Waals surface area contributed by atoms with Gasteiger partial charge in [-0.15, -0.1) is 0 Å². The van der Waals surface area contributed by atoms with E-state index < -0.39 is 46.6 Å². The fraction of sp³-hybridized carbons (Fsp3) is 0.872. The molecular weight excluding hydrogens is 863 g/mol. The second-order valence-electron chi connectivity index (χ2n) is 19.4. The van der Waals surface area contributed by atoms with Crippen molar-refractivity contribution >= 4 is 23.8 Å². The molecule has 5 saturated heterocycles. The van der Waals surface area contributed by atoms with Gasteiger partial charge in [-0.3, -0.25) is 9.59 Å². The smallest absolute Gasteiger partial charge is 0.336 e. The monoisotopic (exact) mass is 950 g/mol. The van der Waals surface area contributed by atoms with E-state index in [1.807, 2.05) is 19.9 Å². The number of allylic oxidation sites excluding steroid dienone is 1. The van der Waals surface area contributed by atoms with E-state index in [0.717, 1.165) is 71.0 Å². The molecule has 0 saturated carbocycles. The van der Waals surface area contributed by atoms with Crippen LogP contribution in [0.5, 0.6) is 0 Å². The van der Waals surface area contributed by atoms with Gasteiger partial charge in [0.2, 0.25) is 11.8 Å². The highest BCUT2D eigenvalue weighted by Gasteiger charge is 2.46. The van der Waals surface area contributed by atoms with Gasteiger partial charge in [0.15, 0.2) is 31.1 Å². The van der Waals surface area contributed by atoms with E-state index in [0.29, 0.717) is 26.4 Å². The van der Waals surface area contributed by atoms with Gasteiger partial charge in [-0.2, -0.15) is 0 Å². The molecule has 66 heavy (non-hydrogen) atoms. The second kappa shape index (κ2) is 31.2. The fourth-order valence-corrected chi connectivity index (χ4v) is 6.73. The predicted octanol–water partition coefficient (Wildman–Crippen LogP) is 3.62. The number of nitrogens with one attached hydrogen (secondary N) is 2. The number of nitrogens with two attached hydrogens (primary N) is 1. The zero-order valence-electron chi connectivity index (χ0n) is 41.9. The summed E-state index contributed by atoms with van der Waals surface area (Å²) in [6.45, 7) is 18.3. The molecule has 0 aliphatic carbocycles. The van der Waals surface area contributed by atoms with Gasteiger partial charge in [-0.1, -0.05) is 55.4 Å². The number of ether oxygens (including phenoxy) is 9. The van der Waals surface area contributed by atoms with Crippen LogP contribution >= 0.6 is 0 Å². The Morgan fingerprint density at radius 1 is 0.697 bits per heavy atom. The molecule has 3 unspecified atom stereocenters. The fourth-order valence-electron chi connectivity index (χ4n) is 6.73. The van der Waals surface area contributed by atoms with Crippen LogP contribution < -0.4 is 16.4 Å². The van der Waals surface area contributed by atoms with Gasteiger partial charge in [0.05, 0.1) is 39.3 Å². The Morgan fingerprint density at radius 3 is 1.36 bits per heavy atom. The molecule has 6 rings (SSSR count). The van der Waals surface area contributed by atoms with Gasteiger partial charge in [0.1, 0.15) is 12.2 Å². The molecule has 0 aromatic carbocycles. The highest BCUT2D eigenvalue weighted by Crippen LogP contribution is 2.33. The average molecular weight is 950 g/mol. The molecule has 6 heterocycles. The normalized spacial score (nSPS) is 26.3. The summed E-state index contributed by atoms with van der Waals surface area (Å²) >= 11 is 0. The number of rotatable bonds is 12. The molecule has 5 fully saturated rings. The van der Waals surface area contributed by atoms with E-state index in [2.05, 4.69) is 21.1 Å². The quantitative estimate of drug-likeness (QED) is 0.153. The highest BCUT2D eigenvalue weighted by molar-refractivity contribution is 5.82. The molecule has 0 bridgehead atoms. The number of hydrogen-bond donors (Lipinski definition) is 6. The minimum atomic E-state index is -0.933. The number of aliphatic hydroxyl groups excluding tert-OH is 3. The SMILES string of the molecule is C1=COCCC1.CC1(C)COC(=O)[C@@H]1O.CC1(C)COC(=O)[C@@H]1OC1CCCCO1.CN.CNC(=O)[C@H](OC1CCCCO1)C(C)(C)CO.CNC(=O)[C@H](OC1CCCCO1)C(C)(C)CO. The maximum Gasteiger partial charge on any atom is 0.336 e. The van der Waals surface area contributed by atoms with Gasteiger partial charge < -0.3 is 74.3 Å². The maximum absolute atomic E-state index is 11.8. The van der Waals surface area contributed by atoms with Gasteiger partial charge >= 0.3 is 11.9 Å². The van der Waals surface area contributed by atoms with E-state index in [1.165, 1.54) is 19.9 Å². The first-order valence-corrected chi connectivity index (χ1v) is 23.5. The summed E-state index contributed by atoms with van der Waals surface area (Å²) in [6.07, 6.45) is 11.3. The van der Waals surface area contributed by atoms with Crippen molar-refractivity contribution in [1.29, 1.82) is 0 Å². The standard InChI is InChI=1S/2C12H23NO4.C11H18O4.C6H10O3.C5H8O.CH5N/c2*1-12(2,8-14)10(11(15)13-3)17-9-6-4-5-7-16-9;1-11(2)7-14-10(12)9(11)15-8-5-3-4-6-13-8;1-6(2)3-9-5(8)4(6)7;1-2-4-6-5-3-1;1-2/h2*9-10,14H,4-8H2,1-3H3,(H,13,15);8-9H,3-7H2,1-2H3;4,7H,3H2,1-2H3;2,4H,1,3,5H2;2H2,1H3/t2*9?,10-;8?,9-;4-;;/m0000../s1. The lowest BCUT2D eigenvalue weighted by molar-refractivity contribution is -0.212. The van der Waals surface area contributed by atoms with Crippen LogP contribution in [-0.2, 0) is 61.8 Å². The zero-order chi connectivity index (χ0) is 50.0. The van der Waals surface area contributed by atoms with E-state index in [-0.39, 0.29) is 55.3 Å². The summed E-state index contributed by atoms with van der Waals surface area (Å²) < 4.78 is 47.9. The minimum Gasteiger partial charge on any atom is -0.502 e. The van der Waals surface area contributed by atoms with Crippen molar-refractivity contribution in [2.75, 3.05) is 74.0 Å². The van der Waals surface area contributed by atoms with E-state index >= 15 is 0 Å². The number of carbonyl (C=O) groups is 4. The number of amides is 2. The lowest BCUT2D eigenvalue weighted by Gasteiger charge is -2.35. The van der Waals surface area contributed by atoms with Crippen molar-refractivity contribution in [2.24, 2.45) is 27.4 Å². The number of cyclic esters (lactones) is 2. The van der Waals surface area contributed by atoms with Crippen LogP contribution in [0.3, 0.4) is 0 Å². The molecule has 7 N–H and O–H groups in total. The van der Waals surface area contributed by atoms with Crippen LogP contribution in [0.4, 0.5) is 0 Å². The molecule has 0 radical (unpaired) electrons. The van der Waals surface area contributed by atoms with Crippen molar-refractivity contribution in [3.8, 4) is 0 Å². The van der Waals surface area contributed by atoms with Crippen LogP contribution in [0.2, 0.25) is 0 Å². The molecule has 19 heteroatoms. The van der Waals surface area contributed by atoms with Crippen molar-refractivity contribution in [3.63, 3.8) is 0 Å². The van der Waals surface area contributed by atoms with Crippen LogP contribution in [0.1, 0.15) is 126 Å². The second-order valence-corrected chi connectivity index (χ2v) is 19.4. The Kier molecular flexibility index (Phi) is 28.9. The van der Waals surface area contributed by atoms with Crippen LogP contribution in [-0.4, -0.2) is 156 Å². The Hall–Kier alpha value is -2.98. The van der Waals surface area contributed by atoms with Crippen LogP contribution in [0, 0.1) is 21.7 Å². The van der Waals surface area contributed by atoms with Crippen molar-refractivity contribution in [2.45, 2.75) is 169 Å². The average Bonchev–Trinajstić information content (AvgIpc) is 3.74. The van der Waals surface area contributed by atoms with Gasteiger partial charge in [-0.05, 0) is 83.8 Å². The number of aliphatic hydroxyl groups is 3. The first-order valence-electron chi connectivity index (χ1n) is 23.5. The van der Waals surface area contributed by atoms with Crippen LogP contribution in [0.25, 0.3) is 0 Å². The molecule has 0 spiro atoms. The summed E-state index contributed by atoms with van der Waals surface area (Å²) in [5, 5.41) is 32.9. The minimum absolute atomic E-state index is 0.113. The summed E-state index contributed by atoms with van der Waals surface area (Å²) in [4.78, 5) is 45.6. The largest absolute Gasteiger partial charge is 0.502 e. The highest BCUT2D eigenvalue weighted by atomic mass is 16.7. The van der Waals surface area contributed by atoms with Crippen molar-refractivity contribution in [1.82, 2.24) is 10.6 Å². The molecule has 2 amide bonds. The lowest BCUT2D eigenvalue weighted by Crippen LogP contribution is -2.48. The molecule has 0 aromatic heterocycles. The topological polar surface area (TPSA) is 262 Å². The Labute approximate surface area is 393 Å². The number of esters is 2. The number of hydrogen-bond acceptors (Lipinski definition) is 17. The molecule has 6 aliphatic rings. The first kappa shape index (κ1) is 61.0. The van der Waals surface area contributed by atoms with E-state index in [4.69, 9.17) is 43.0 Å². The molecule has 6 aliphatic heterocycles. The maximum atomic E-state index is 11.8.